The molecule has 0 aliphatic carbocycles. The van der Waals surface area contributed by atoms with Crippen LogP contribution < -0.4 is 0 Å². The molecular formula is C9H6Cl2IN3S. The van der Waals surface area contributed by atoms with E-state index < -0.39 is 0 Å². The summed E-state index contributed by atoms with van der Waals surface area (Å²) in [6.45, 7) is 2.03. The monoisotopic (exact) mass is 385 g/mol. The molecule has 0 spiro atoms. The maximum atomic E-state index is 6.04. The van der Waals surface area contributed by atoms with Crippen LogP contribution in [0.1, 0.15) is 12.6 Å². The Morgan fingerprint density at radius 3 is 2.69 bits per heavy atom. The maximum Gasteiger partial charge on any atom is 0.190 e. The van der Waals surface area contributed by atoms with E-state index in [-0.39, 0.29) is 0 Å². The standard InChI is InChI=1S/C9H6Cl2IN3S/c1-2-4-6(12)7(11)15-8(14-4)9-13-3-5(10)16-9/h3H,2H2,1H3. The van der Waals surface area contributed by atoms with Gasteiger partial charge in [0.2, 0.25) is 0 Å². The third-order valence-corrected chi connectivity index (χ3v) is 4.72. The van der Waals surface area contributed by atoms with Crippen LogP contribution in [0.5, 0.6) is 0 Å². The summed E-state index contributed by atoms with van der Waals surface area (Å²) in [6, 6.07) is 0. The molecule has 0 N–H and O–H groups in total. The Labute approximate surface area is 120 Å². The SMILES string of the molecule is CCc1nc(-c2ncc(Cl)s2)nc(Cl)c1I. The van der Waals surface area contributed by atoms with Gasteiger partial charge >= 0.3 is 0 Å². The number of aromatic nitrogens is 3. The number of nitrogens with zero attached hydrogens (tertiary/aromatic N) is 3. The Morgan fingerprint density at radius 1 is 1.38 bits per heavy atom. The summed E-state index contributed by atoms with van der Waals surface area (Å²) in [7, 11) is 0. The summed E-state index contributed by atoms with van der Waals surface area (Å²) in [4.78, 5) is 12.8. The third kappa shape index (κ3) is 2.47. The molecule has 2 aromatic rings. The van der Waals surface area contributed by atoms with Crippen molar-refractivity contribution in [2.45, 2.75) is 13.3 Å². The lowest BCUT2D eigenvalue weighted by molar-refractivity contribution is 0.987. The highest BCUT2D eigenvalue weighted by atomic mass is 127. The predicted molar refractivity (Wildman–Crippen MR) is 75.3 cm³/mol. The van der Waals surface area contributed by atoms with Crippen LogP contribution in [0.2, 0.25) is 9.49 Å². The van der Waals surface area contributed by atoms with Gasteiger partial charge in [-0.3, -0.25) is 0 Å². The molecule has 0 amide bonds. The van der Waals surface area contributed by atoms with E-state index in [1.807, 2.05) is 6.92 Å². The van der Waals surface area contributed by atoms with E-state index in [2.05, 4.69) is 37.5 Å². The molecule has 84 valence electrons. The first-order chi connectivity index (χ1) is 7.61. The molecule has 16 heavy (non-hydrogen) atoms. The van der Waals surface area contributed by atoms with E-state index in [1.165, 1.54) is 11.3 Å². The van der Waals surface area contributed by atoms with Crippen LogP contribution in [0.25, 0.3) is 10.8 Å². The third-order valence-electron chi connectivity index (χ3n) is 1.88. The van der Waals surface area contributed by atoms with Gasteiger partial charge in [0.05, 0.1) is 15.5 Å². The van der Waals surface area contributed by atoms with Gasteiger partial charge in [-0.2, -0.15) is 0 Å². The average Bonchev–Trinajstić information content (AvgIpc) is 2.69. The summed E-state index contributed by atoms with van der Waals surface area (Å²) in [5.74, 6) is 0.541. The molecule has 2 aromatic heterocycles. The van der Waals surface area contributed by atoms with Crippen molar-refractivity contribution in [3.63, 3.8) is 0 Å². The van der Waals surface area contributed by atoms with Crippen molar-refractivity contribution >= 4 is 57.1 Å². The predicted octanol–water partition coefficient (Wildman–Crippen LogP) is 4.07. The number of aryl methyl sites for hydroxylation is 1. The minimum atomic E-state index is 0.466. The summed E-state index contributed by atoms with van der Waals surface area (Å²) < 4.78 is 1.51. The second kappa shape index (κ2) is 5.12. The van der Waals surface area contributed by atoms with Gasteiger partial charge in [-0.05, 0) is 29.0 Å². The Kier molecular flexibility index (Phi) is 3.99. The smallest absolute Gasteiger partial charge is 0.190 e. The summed E-state index contributed by atoms with van der Waals surface area (Å²) in [5, 5.41) is 1.16. The molecule has 2 heterocycles. The fraction of sp³-hybridized carbons (Fsp3) is 0.222. The Bertz CT molecular complexity index is 529. The Balaban J connectivity index is 2.54. The molecule has 3 nitrogen and oxygen atoms in total. The van der Waals surface area contributed by atoms with Crippen molar-refractivity contribution in [2.24, 2.45) is 0 Å². The van der Waals surface area contributed by atoms with Crippen molar-refractivity contribution in [3.8, 4) is 10.8 Å². The molecular weight excluding hydrogens is 380 g/mol. The largest absolute Gasteiger partial charge is 0.240 e. The first-order valence-electron chi connectivity index (χ1n) is 4.45. The first-order valence-corrected chi connectivity index (χ1v) is 7.10. The molecule has 0 saturated heterocycles. The lowest BCUT2D eigenvalue weighted by Crippen LogP contribution is -1.99. The molecule has 0 saturated carbocycles. The molecule has 0 aliphatic rings. The summed E-state index contributed by atoms with van der Waals surface area (Å²) >= 11 is 15.3. The van der Waals surface area contributed by atoms with Crippen LogP contribution in [0.3, 0.4) is 0 Å². The normalized spacial score (nSPS) is 10.8. The van der Waals surface area contributed by atoms with Gasteiger partial charge < -0.3 is 0 Å². The molecule has 0 radical (unpaired) electrons. The van der Waals surface area contributed by atoms with Gasteiger partial charge in [-0.15, -0.1) is 0 Å². The Hall–Kier alpha value is 0.0200. The number of rotatable bonds is 2. The van der Waals surface area contributed by atoms with Gasteiger partial charge in [0.25, 0.3) is 0 Å². The lowest BCUT2D eigenvalue weighted by Gasteiger charge is -2.04. The zero-order chi connectivity index (χ0) is 11.7. The van der Waals surface area contributed by atoms with Crippen LogP contribution in [-0.4, -0.2) is 15.0 Å². The molecule has 7 heteroatoms. The zero-order valence-corrected chi connectivity index (χ0v) is 12.7. The number of hydrogen-bond donors (Lipinski definition) is 0. The molecule has 0 aliphatic heterocycles. The molecule has 0 atom stereocenters. The highest BCUT2D eigenvalue weighted by Gasteiger charge is 2.13. The topological polar surface area (TPSA) is 38.7 Å². The second-order valence-corrected chi connectivity index (χ2v) is 6.02. The highest BCUT2D eigenvalue weighted by Crippen LogP contribution is 2.28. The van der Waals surface area contributed by atoms with E-state index in [4.69, 9.17) is 23.2 Å². The molecule has 0 aromatic carbocycles. The fourth-order valence-electron chi connectivity index (χ4n) is 1.15. The highest BCUT2D eigenvalue weighted by molar-refractivity contribution is 14.1. The van der Waals surface area contributed by atoms with Gasteiger partial charge in [0.1, 0.15) is 9.49 Å². The van der Waals surface area contributed by atoms with E-state index in [9.17, 15) is 0 Å². The van der Waals surface area contributed by atoms with E-state index in [0.717, 1.165) is 15.7 Å². The molecule has 2 rings (SSSR count). The van der Waals surface area contributed by atoms with Crippen LogP contribution in [0.15, 0.2) is 6.20 Å². The lowest BCUT2D eigenvalue weighted by atomic mass is 10.3. The van der Waals surface area contributed by atoms with Gasteiger partial charge in [-0.1, -0.05) is 41.5 Å². The van der Waals surface area contributed by atoms with Crippen LogP contribution >= 0.6 is 57.1 Å². The first kappa shape index (κ1) is 12.5. The van der Waals surface area contributed by atoms with Crippen molar-refractivity contribution in [3.05, 3.63) is 25.0 Å². The number of hydrogen-bond acceptors (Lipinski definition) is 4. The van der Waals surface area contributed by atoms with E-state index in [0.29, 0.717) is 20.3 Å². The number of thiazole rings is 1. The van der Waals surface area contributed by atoms with E-state index in [1.54, 1.807) is 6.20 Å². The fourth-order valence-corrected chi connectivity index (χ4v) is 2.81. The van der Waals surface area contributed by atoms with Gasteiger partial charge in [-0.25, -0.2) is 15.0 Å². The molecule has 0 unspecified atom stereocenters. The van der Waals surface area contributed by atoms with Crippen molar-refractivity contribution in [1.29, 1.82) is 0 Å². The van der Waals surface area contributed by atoms with E-state index >= 15 is 0 Å². The number of halogens is 3. The second-order valence-electron chi connectivity index (χ2n) is 2.92. The minimum absolute atomic E-state index is 0.466. The quantitative estimate of drug-likeness (QED) is 0.577. The van der Waals surface area contributed by atoms with Crippen molar-refractivity contribution in [2.75, 3.05) is 0 Å². The van der Waals surface area contributed by atoms with Crippen molar-refractivity contribution < 1.29 is 0 Å². The van der Waals surface area contributed by atoms with Crippen LogP contribution in [0.4, 0.5) is 0 Å². The minimum Gasteiger partial charge on any atom is -0.240 e. The summed E-state index contributed by atoms with van der Waals surface area (Å²) in [5.41, 5.74) is 0.932. The van der Waals surface area contributed by atoms with Gasteiger partial charge in [0, 0.05) is 0 Å². The average molecular weight is 386 g/mol. The Morgan fingerprint density at radius 2 is 2.12 bits per heavy atom. The molecule has 0 fully saturated rings. The van der Waals surface area contributed by atoms with Gasteiger partial charge in [0.15, 0.2) is 10.8 Å². The maximum absolute atomic E-state index is 6.04. The molecule has 0 bridgehead atoms. The van der Waals surface area contributed by atoms with Crippen LogP contribution in [-0.2, 0) is 6.42 Å². The zero-order valence-electron chi connectivity index (χ0n) is 8.17. The summed E-state index contributed by atoms with van der Waals surface area (Å²) in [6.07, 6.45) is 2.40. The van der Waals surface area contributed by atoms with Crippen LogP contribution in [0, 0.1) is 3.57 Å². The van der Waals surface area contributed by atoms with Crippen molar-refractivity contribution in [1.82, 2.24) is 15.0 Å².